The molecule has 0 aromatic rings. The monoisotopic (exact) mass is 241 g/mol. The van der Waals surface area contributed by atoms with Gasteiger partial charge in [0.1, 0.15) is 0 Å². The molecule has 0 unspecified atom stereocenters. The third kappa shape index (κ3) is 8.82. The normalized spacial score (nSPS) is 0.750. The van der Waals surface area contributed by atoms with Crippen LogP contribution >= 0.6 is 0 Å². The van der Waals surface area contributed by atoms with E-state index in [0.717, 1.165) is 0 Å². The molecule has 0 aliphatic carbocycles. The number of hydrogen-bond donors (Lipinski definition) is 0. The molecule has 23 valence electrons. The zero-order valence-electron chi connectivity index (χ0n) is 1.24. The van der Waals surface area contributed by atoms with Gasteiger partial charge in [0.15, 0.2) is 0 Å². The van der Waals surface area contributed by atoms with Crippen LogP contribution in [-0.2, 0) is 17.7 Å². The van der Waals surface area contributed by atoms with Crippen molar-refractivity contribution in [3.8, 4) is 0 Å². The van der Waals surface area contributed by atoms with Gasteiger partial charge in [-0.3, -0.25) is 0 Å². The summed E-state index contributed by atoms with van der Waals surface area (Å²) in [5.74, 6) is 0. The molecule has 0 aromatic carbocycles. The molecule has 1 nitrogen and oxygen atoms in total. The quantitative estimate of drug-likeness (QED) is 0.495. The van der Waals surface area contributed by atoms with Crippen molar-refractivity contribution in [2.24, 2.45) is 0 Å². The Bertz CT molecular complexity index is 8.00. The Hall–Kier alpha value is 2.45. The Morgan fingerprint density at radius 2 is 1.25 bits per heavy atom. The summed E-state index contributed by atoms with van der Waals surface area (Å²) < 4.78 is 8.39. The molecule has 0 saturated heterocycles. The van der Waals surface area contributed by atoms with Gasteiger partial charge in [0.2, 0.25) is 0 Å². The molecule has 0 N–H and O–H groups in total. The molecule has 0 aliphatic heterocycles. The van der Waals surface area contributed by atoms with Gasteiger partial charge in [-0.1, -0.05) is 0 Å². The third-order valence-corrected chi connectivity index (χ3v) is 0. The molecule has 0 aromatic heterocycles. The van der Waals surface area contributed by atoms with Crippen molar-refractivity contribution in [3.05, 3.63) is 0 Å². The van der Waals surface area contributed by atoms with Crippen molar-refractivity contribution in [1.29, 1.82) is 0 Å². The van der Waals surface area contributed by atoms with E-state index in [1.807, 2.05) is 0 Å². The summed E-state index contributed by atoms with van der Waals surface area (Å²) in [6.45, 7) is 0. The fourth-order valence-electron chi connectivity index (χ4n) is 0. The summed E-state index contributed by atoms with van der Waals surface area (Å²) >= 11 is 0.0556. The van der Waals surface area contributed by atoms with Crippen LogP contribution in [0.15, 0.2) is 0 Å². The van der Waals surface area contributed by atoms with Crippen molar-refractivity contribution in [1.82, 2.24) is 0 Å². The zero-order chi connectivity index (χ0) is 2.00. The zero-order valence-corrected chi connectivity index (χ0v) is 5.42. The van der Waals surface area contributed by atoms with Crippen LogP contribution in [-0.4, -0.2) is 23.1 Å². The topological polar surface area (TPSA) is 17.1 Å². The number of hydrogen-bond acceptors (Lipinski definition) is 1. The molecule has 0 aliphatic rings. The predicted octanol–water partition coefficient (Wildman–Crippen LogP) is -1.04. The van der Waals surface area contributed by atoms with Gasteiger partial charge in [0, 0.05) is 16.8 Å². The van der Waals surface area contributed by atoms with Crippen LogP contribution in [0.2, 0.25) is 0 Å². The van der Waals surface area contributed by atoms with Gasteiger partial charge in [-0.15, -0.1) is 0 Å². The average Bonchev–Trinajstić information content (AvgIpc) is 1.00. The van der Waals surface area contributed by atoms with E-state index in [9.17, 15) is 0 Å². The van der Waals surface area contributed by atoms with Crippen molar-refractivity contribution in [3.63, 3.8) is 0 Å². The second-order valence-corrected chi connectivity index (χ2v) is 0. The molecule has 0 rings (SSSR count). The summed E-state index contributed by atoms with van der Waals surface area (Å²) in [4.78, 5) is 0. The Balaban J connectivity index is -0.00000000500. The molecular weight excluding hydrogens is 239 g/mol. The van der Waals surface area contributed by atoms with E-state index in [2.05, 4.69) is 0 Å². The van der Waals surface area contributed by atoms with Crippen LogP contribution in [0, 0.1) is 39.8 Å². The van der Waals surface area contributed by atoms with Crippen LogP contribution in [0.1, 0.15) is 0 Å². The molecule has 1 radical (unpaired) electrons. The summed E-state index contributed by atoms with van der Waals surface area (Å²) in [6.07, 6.45) is 0. The molecular formula is H2CeCoMgO. The molecule has 0 heterocycles. The standard InChI is InChI=1S/Ce.Co.Mg.O.2H. The minimum atomic E-state index is 0. The van der Waals surface area contributed by atoms with Gasteiger partial charge in [0.25, 0.3) is 0 Å². The van der Waals surface area contributed by atoms with Crippen molar-refractivity contribution in [2.75, 3.05) is 0 Å². The van der Waals surface area contributed by atoms with E-state index < -0.39 is 0 Å². The van der Waals surface area contributed by atoms with Gasteiger partial charge >= 0.3 is 63.8 Å². The minimum absolute atomic E-state index is 0. The Kier molecular flexibility index (Phi) is 72.4. The fourth-order valence-corrected chi connectivity index (χ4v) is 0. The van der Waals surface area contributed by atoms with E-state index in [0.29, 0.717) is 0 Å². The molecule has 4 heavy (non-hydrogen) atoms. The molecule has 0 saturated carbocycles. The van der Waals surface area contributed by atoms with Gasteiger partial charge in [-0.2, -0.15) is 0 Å². The maximum absolute atomic E-state index is 8.39. The van der Waals surface area contributed by atoms with Gasteiger partial charge in [-0.05, 0) is 0 Å². The van der Waals surface area contributed by atoms with Gasteiger partial charge in [-0.25, -0.2) is 0 Å². The summed E-state index contributed by atoms with van der Waals surface area (Å²) in [5, 5.41) is 0. The SMILES string of the molecule is [Co].[MgH2].[O]=[Ce]. The van der Waals surface area contributed by atoms with Crippen LogP contribution in [0.5, 0.6) is 0 Å². The Morgan fingerprint density at radius 3 is 1.25 bits per heavy atom. The van der Waals surface area contributed by atoms with Crippen molar-refractivity contribution >= 4 is 23.1 Å². The molecule has 0 spiro atoms. The van der Waals surface area contributed by atoms with E-state index >= 15 is 0 Å². The van der Waals surface area contributed by atoms with E-state index in [-0.39, 0.29) is 79.6 Å². The van der Waals surface area contributed by atoms with Crippen LogP contribution in [0.25, 0.3) is 0 Å². The average molecular weight is 241 g/mol. The third-order valence-electron chi connectivity index (χ3n) is 0. The summed E-state index contributed by atoms with van der Waals surface area (Å²) in [5.41, 5.74) is 0. The first kappa shape index (κ1) is 16.1. The second kappa shape index (κ2) is 18.0. The van der Waals surface area contributed by atoms with Crippen LogP contribution in [0.3, 0.4) is 0 Å². The molecule has 0 bridgehead atoms. The maximum atomic E-state index is 8.39. The van der Waals surface area contributed by atoms with Crippen molar-refractivity contribution in [2.45, 2.75) is 0 Å². The molecule has 0 atom stereocenters. The molecule has 0 amide bonds. The molecule has 0 fully saturated rings. The number of rotatable bonds is 0. The first-order chi connectivity index (χ1) is 1.00. The Labute approximate surface area is 78.8 Å². The Morgan fingerprint density at radius 1 is 1.25 bits per heavy atom. The van der Waals surface area contributed by atoms with Gasteiger partial charge < -0.3 is 0 Å². The van der Waals surface area contributed by atoms with Crippen LogP contribution in [0.4, 0.5) is 0 Å². The van der Waals surface area contributed by atoms with E-state index in [4.69, 9.17) is 0.938 Å². The van der Waals surface area contributed by atoms with Crippen molar-refractivity contribution < 1.29 is 57.5 Å². The predicted molar refractivity (Wildman–Crippen MR) is 9.23 cm³/mol. The van der Waals surface area contributed by atoms with E-state index in [1.165, 1.54) is 0 Å². The molecule has 4 heteroatoms. The first-order valence-electron chi connectivity index (χ1n) is 0.204. The fraction of sp³-hybridized carbons (Fsp3) is 0. The summed E-state index contributed by atoms with van der Waals surface area (Å²) in [6, 6.07) is 0. The summed E-state index contributed by atoms with van der Waals surface area (Å²) in [7, 11) is 0. The van der Waals surface area contributed by atoms with Crippen LogP contribution < -0.4 is 0 Å². The second-order valence-electron chi connectivity index (χ2n) is 0. The van der Waals surface area contributed by atoms with Gasteiger partial charge in [0.05, 0.1) is 0 Å². The first-order valence-corrected chi connectivity index (χ1v) is 1.49. The van der Waals surface area contributed by atoms with E-state index in [1.54, 1.807) is 0 Å².